The molecule has 0 aromatic heterocycles. The largest absolute Gasteiger partial charge is 0.387 e. The predicted octanol–water partition coefficient (Wildman–Crippen LogP) is 3.10. The Bertz CT molecular complexity index is 579. The first-order valence-corrected chi connectivity index (χ1v) is 8.48. The van der Waals surface area contributed by atoms with Gasteiger partial charge in [0.05, 0.1) is 6.10 Å². The zero-order valence-corrected chi connectivity index (χ0v) is 13.8. The van der Waals surface area contributed by atoms with E-state index in [2.05, 4.69) is 47.1 Å². The molecule has 2 aromatic carbocycles. The molecule has 0 amide bonds. The SMILES string of the molecule is C[C@@H](c1ccccc1)N1CCN(C[C@H](O)c2ccccc2)CC1. The summed E-state index contributed by atoms with van der Waals surface area (Å²) in [7, 11) is 0. The Labute approximate surface area is 139 Å². The van der Waals surface area contributed by atoms with E-state index in [4.69, 9.17) is 0 Å². The average molecular weight is 310 g/mol. The summed E-state index contributed by atoms with van der Waals surface area (Å²) in [5.74, 6) is 0. The number of hydrogen-bond donors (Lipinski definition) is 1. The fourth-order valence-electron chi connectivity index (χ4n) is 3.30. The minimum absolute atomic E-state index is 0.394. The van der Waals surface area contributed by atoms with Crippen LogP contribution in [0.2, 0.25) is 0 Å². The van der Waals surface area contributed by atoms with Gasteiger partial charge >= 0.3 is 0 Å². The molecule has 1 heterocycles. The Kier molecular flexibility index (Phi) is 5.44. The lowest BCUT2D eigenvalue weighted by Crippen LogP contribution is -2.48. The van der Waals surface area contributed by atoms with Crippen LogP contribution in [0.3, 0.4) is 0 Å². The Morgan fingerprint density at radius 2 is 1.35 bits per heavy atom. The second kappa shape index (κ2) is 7.73. The maximum Gasteiger partial charge on any atom is 0.0916 e. The highest BCUT2D eigenvalue weighted by Crippen LogP contribution is 2.22. The van der Waals surface area contributed by atoms with Crippen molar-refractivity contribution in [2.45, 2.75) is 19.1 Å². The smallest absolute Gasteiger partial charge is 0.0916 e. The average Bonchev–Trinajstić information content (AvgIpc) is 2.63. The van der Waals surface area contributed by atoms with Gasteiger partial charge in [-0.3, -0.25) is 9.80 Å². The zero-order valence-electron chi connectivity index (χ0n) is 13.8. The summed E-state index contributed by atoms with van der Waals surface area (Å²) >= 11 is 0. The Morgan fingerprint density at radius 1 is 0.826 bits per heavy atom. The number of rotatable bonds is 5. The van der Waals surface area contributed by atoms with Gasteiger partial charge in [-0.1, -0.05) is 60.7 Å². The molecule has 3 nitrogen and oxygen atoms in total. The van der Waals surface area contributed by atoms with Crippen molar-refractivity contribution in [2.75, 3.05) is 32.7 Å². The van der Waals surface area contributed by atoms with E-state index in [9.17, 15) is 5.11 Å². The standard InChI is InChI=1S/C20H26N2O/c1-17(18-8-4-2-5-9-18)22-14-12-21(13-15-22)16-20(23)19-10-6-3-7-11-19/h2-11,17,20,23H,12-16H2,1H3/t17-,20-/m0/s1. The highest BCUT2D eigenvalue weighted by atomic mass is 16.3. The third kappa shape index (κ3) is 4.20. The molecule has 2 aromatic rings. The van der Waals surface area contributed by atoms with Gasteiger partial charge in [-0.25, -0.2) is 0 Å². The van der Waals surface area contributed by atoms with E-state index in [0.717, 1.165) is 38.3 Å². The van der Waals surface area contributed by atoms with Crippen LogP contribution >= 0.6 is 0 Å². The Hall–Kier alpha value is -1.68. The minimum Gasteiger partial charge on any atom is -0.387 e. The molecule has 1 N–H and O–H groups in total. The van der Waals surface area contributed by atoms with Crippen LogP contribution in [0.15, 0.2) is 60.7 Å². The molecule has 1 aliphatic rings. The van der Waals surface area contributed by atoms with Crippen molar-refractivity contribution in [1.29, 1.82) is 0 Å². The van der Waals surface area contributed by atoms with E-state index < -0.39 is 6.10 Å². The molecule has 1 saturated heterocycles. The molecule has 0 bridgehead atoms. The van der Waals surface area contributed by atoms with Crippen LogP contribution < -0.4 is 0 Å². The number of β-amino-alcohol motifs (C(OH)–C–C–N with tert-alkyl or cyclic N) is 1. The quantitative estimate of drug-likeness (QED) is 0.919. The monoisotopic (exact) mass is 310 g/mol. The van der Waals surface area contributed by atoms with E-state index in [-0.39, 0.29) is 0 Å². The normalized spacial score (nSPS) is 19.4. The van der Waals surface area contributed by atoms with Crippen molar-refractivity contribution < 1.29 is 5.11 Å². The minimum atomic E-state index is -0.394. The van der Waals surface area contributed by atoms with Gasteiger partial charge in [0.1, 0.15) is 0 Å². The fourth-order valence-corrected chi connectivity index (χ4v) is 3.30. The first-order valence-electron chi connectivity index (χ1n) is 8.48. The highest BCUT2D eigenvalue weighted by molar-refractivity contribution is 5.19. The molecule has 122 valence electrons. The second-order valence-electron chi connectivity index (χ2n) is 6.35. The maximum atomic E-state index is 10.4. The maximum absolute atomic E-state index is 10.4. The topological polar surface area (TPSA) is 26.7 Å². The van der Waals surface area contributed by atoms with E-state index in [0.29, 0.717) is 6.04 Å². The van der Waals surface area contributed by atoms with Gasteiger partial charge in [0, 0.05) is 38.8 Å². The lowest BCUT2D eigenvalue weighted by atomic mass is 10.1. The van der Waals surface area contributed by atoms with Gasteiger partial charge < -0.3 is 5.11 Å². The van der Waals surface area contributed by atoms with Crippen LogP contribution in [-0.4, -0.2) is 47.6 Å². The number of aliphatic hydroxyl groups is 1. The van der Waals surface area contributed by atoms with Crippen LogP contribution in [0.25, 0.3) is 0 Å². The summed E-state index contributed by atoms with van der Waals surface area (Å²) in [6.45, 7) is 7.14. The molecule has 1 fully saturated rings. The summed E-state index contributed by atoms with van der Waals surface area (Å²) < 4.78 is 0. The molecule has 2 atom stereocenters. The van der Waals surface area contributed by atoms with Crippen LogP contribution in [0, 0.1) is 0 Å². The lowest BCUT2D eigenvalue weighted by Gasteiger charge is -2.38. The summed E-state index contributed by atoms with van der Waals surface area (Å²) in [4.78, 5) is 4.90. The van der Waals surface area contributed by atoms with E-state index >= 15 is 0 Å². The van der Waals surface area contributed by atoms with Crippen molar-refractivity contribution >= 4 is 0 Å². The summed E-state index contributed by atoms with van der Waals surface area (Å²) in [5, 5.41) is 10.4. The molecule has 3 rings (SSSR count). The molecule has 3 heteroatoms. The van der Waals surface area contributed by atoms with Gasteiger partial charge in [-0.2, -0.15) is 0 Å². The van der Waals surface area contributed by atoms with Crippen molar-refractivity contribution in [2.24, 2.45) is 0 Å². The van der Waals surface area contributed by atoms with Crippen molar-refractivity contribution in [3.63, 3.8) is 0 Å². The molecule has 23 heavy (non-hydrogen) atoms. The van der Waals surface area contributed by atoms with Crippen molar-refractivity contribution in [3.8, 4) is 0 Å². The third-order valence-electron chi connectivity index (χ3n) is 4.85. The number of nitrogens with zero attached hydrogens (tertiary/aromatic N) is 2. The van der Waals surface area contributed by atoms with Gasteiger partial charge in [0.15, 0.2) is 0 Å². The summed E-state index contributed by atoms with van der Waals surface area (Å²) in [5.41, 5.74) is 2.39. The second-order valence-corrected chi connectivity index (χ2v) is 6.35. The van der Waals surface area contributed by atoms with E-state index in [1.165, 1.54) is 5.56 Å². The number of piperazine rings is 1. The molecule has 0 spiro atoms. The number of benzene rings is 2. The molecular weight excluding hydrogens is 284 g/mol. The fraction of sp³-hybridized carbons (Fsp3) is 0.400. The van der Waals surface area contributed by atoms with Crippen LogP contribution in [0.4, 0.5) is 0 Å². The molecule has 0 saturated carbocycles. The Balaban J connectivity index is 1.51. The first-order chi connectivity index (χ1) is 11.2. The van der Waals surface area contributed by atoms with Crippen molar-refractivity contribution in [1.82, 2.24) is 9.80 Å². The Morgan fingerprint density at radius 3 is 1.91 bits per heavy atom. The first kappa shape index (κ1) is 16.2. The predicted molar refractivity (Wildman–Crippen MR) is 94.3 cm³/mol. The highest BCUT2D eigenvalue weighted by Gasteiger charge is 2.23. The summed E-state index contributed by atoms with van der Waals surface area (Å²) in [6, 6.07) is 21.1. The number of hydrogen-bond acceptors (Lipinski definition) is 3. The van der Waals surface area contributed by atoms with Crippen LogP contribution in [0.5, 0.6) is 0 Å². The molecule has 0 radical (unpaired) electrons. The third-order valence-corrected chi connectivity index (χ3v) is 4.85. The molecule has 1 aliphatic heterocycles. The summed E-state index contributed by atoms with van der Waals surface area (Å²) in [6.07, 6.45) is -0.394. The molecular formula is C20H26N2O. The zero-order chi connectivity index (χ0) is 16.1. The molecule has 0 aliphatic carbocycles. The van der Waals surface area contributed by atoms with Gasteiger partial charge in [0.2, 0.25) is 0 Å². The lowest BCUT2D eigenvalue weighted by molar-refractivity contribution is 0.0589. The van der Waals surface area contributed by atoms with Crippen LogP contribution in [0.1, 0.15) is 30.2 Å². The molecule has 0 unspecified atom stereocenters. The van der Waals surface area contributed by atoms with E-state index in [1.807, 2.05) is 30.3 Å². The van der Waals surface area contributed by atoms with E-state index in [1.54, 1.807) is 0 Å². The van der Waals surface area contributed by atoms with Crippen molar-refractivity contribution in [3.05, 3.63) is 71.8 Å². The van der Waals surface area contributed by atoms with Crippen LogP contribution in [-0.2, 0) is 0 Å². The van der Waals surface area contributed by atoms with Gasteiger partial charge in [-0.05, 0) is 18.1 Å². The number of aliphatic hydroxyl groups excluding tert-OH is 1. The van der Waals surface area contributed by atoms with Gasteiger partial charge in [-0.15, -0.1) is 0 Å². The van der Waals surface area contributed by atoms with Gasteiger partial charge in [0.25, 0.3) is 0 Å².